The molecule has 27 heavy (non-hydrogen) atoms. The normalized spacial score (nSPS) is 11.9. The van der Waals surface area contributed by atoms with Gasteiger partial charge in [0.2, 0.25) is 5.91 Å². The lowest BCUT2D eigenvalue weighted by Crippen LogP contribution is -2.50. The number of benzene rings is 2. The Kier molecular flexibility index (Phi) is 7.19. The third kappa shape index (κ3) is 4.77. The van der Waals surface area contributed by atoms with Crippen LogP contribution in [0.1, 0.15) is 37.3 Å². The summed E-state index contributed by atoms with van der Waals surface area (Å²) in [5.74, 6) is 1.83. The van der Waals surface area contributed by atoms with Crippen LogP contribution >= 0.6 is 0 Å². The number of unbranched alkanes of at least 4 members (excludes halogenated alkanes) is 1. The van der Waals surface area contributed by atoms with E-state index in [1.807, 2.05) is 67.6 Å². The number of esters is 1. The Labute approximate surface area is 160 Å². The van der Waals surface area contributed by atoms with Crippen molar-refractivity contribution in [3.63, 3.8) is 0 Å². The van der Waals surface area contributed by atoms with Gasteiger partial charge in [0.05, 0.1) is 12.5 Å². The molecule has 1 atom stereocenters. The van der Waals surface area contributed by atoms with E-state index in [9.17, 15) is 9.59 Å². The number of carbonyl (C=O) groups is 2. The number of carbonyl (C=O) groups excluding carboxylic acids is 2. The molecule has 1 amide bonds. The number of terminal acetylenes is 1. The fourth-order valence-corrected chi connectivity index (χ4v) is 3.07. The lowest BCUT2D eigenvalue weighted by atomic mass is 9.75. The lowest BCUT2D eigenvalue weighted by Gasteiger charge is -2.31. The predicted octanol–water partition coefficient (Wildman–Crippen LogP) is 3.45. The Morgan fingerprint density at radius 3 is 2.04 bits per heavy atom. The summed E-state index contributed by atoms with van der Waals surface area (Å²) in [7, 11) is 1.32. The zero-order valence-electron chi connectivity index (χ0n) is 15.8. The van der Waals surface area contributed by atoms with Crippen molar-refractivity contribution in [1.82, 2.24) is 5.32 Å². The third-order valence-electron chi connectivity index (χ3n) is 4.76. The zero-order chi connectivity index (χ0) is 19.7. The molecule has 0 radical (unpaired) electrons. The van der Waals surface area contributed by atoms with Gasteiger partial charge in [-0.15, -0.1) is 12.3 Å². The molecule has 0 aromatic heterocycles. The molecule has 0 aliphatic heterocycles. The number of hydrogen-bond acceptors (Lipinski definition) is 3. The van der Waals surface area contributed by atoms with Gasteiger partial charge < -0.3 is 10.1 Å². The second-order valence-electron chi connectivity index (χ2n) is 6.50. The van der Waals surface area contributed by atoms with Crippen molar-refractivity contribution in [3.05, 3.63) is 71.8 Å². The predicted molar refractivity (Wildman–Crippen MR) is 106 cm³/mol. The third-order valence-corrected chi connectivity index (χ3v) is 4.76. The molecular formula is C23H25NO3. The van der Waals surface area contributed by atoms with E-state index >= 15 is 0 Å². The Hall–Kier alpha value is -3.06. The maximum absolute atomic E-state index is 13.4. The van der Waals surface area contributed by atoms with E-state index < -0.39 is 17.4 Å². The summed E-state index contributed by atoms with van der Waals surface area (Å²) in [5, 5.41) is 2.88. The zero-order valence-corrected chi connectivity index (χ0v) is 15.8. The molecule has 0 saturated carbocycles. The van der Waals surface area contributed by atoms with E-state index in [2.05, 4.69) is 11.2 Å². The summed E-state index contributed by atoms with van der Waals surface area (Å²) in [6.07, 6.45) is 6.89. The molecule has 0 aliphatic carbocycles. The van der Waals surface area contributed by atoms with Crippen LogP contribution in [0.2, 0.25) is 0 Å². The molecule has 0 aliphatic rings. The molecule has 2 aromatic carbocycles. The summed E-state index contributed by atoms with van der Waals surface area (Å²) in [6.45, 7) is 1.86. The van der Waals surface area contributed by atoms with Crippen molar-refractivity contribution >= 4 is 11.9 Å². The fraction of sp³-hybridized carbons (Fsp3) is 0.304. The van der Waals surface area contributed by atoms with Gasteiger partial charge in [0.25, 0.3) is 0 Å². The quantitative estimate of drug-likeness (QED) is 0.444. The van der Waals surface area contributed by atoms with Crippen molar-refractivity contribution in [3.8, 4) is 12.3 Å². The molecule has 140 valence electrons. The monoisotopic (exact) mass is 363 g/mol. The van der Waals surface area contributed by atoms with Crippen LogP contribution < -0.4 is 5.32 Å². The largest absolute Gasteiger partial charge is 0.467 e. The van der Waals surface area contributed by atoms with Crippen LogP contribution in [-0.2, 0) is 19.7 Å². The maximum Gasteiger partial charge on any atom is 0.328 e. The molecule has 2 rings (SSSR count). The second kappa shape index (κ2) is 9.59. The van der Waals surface area contributed by atoms with Gasteiger partial charge >= 0.3 is 5.97 Å². The van der Waals surface area contributed by atoms with E-state index in [0.29, 0.717) is 19.3 Å². The highest BCUT2D eigenvalue weighted by molar-refractivity contribution is 5.94. The molecule has 4 heteroatoms. The SMILES string of the molecule is C#CCCC[C@H](NC(=O)C(C)(c1ccccc1)c1ccccc1)C(=O)OC. The van der Waals surface area contributed by atoms with Crippen molar-refractivity contribution in [2.45, 2.75) is 37.6 Å². The van der Waals surface area contributed by atoms with Crippen LogP contribution in [0.25, 0.3) is 0 Å². The van der Waals surface area contributed by atoms with Crippen molar-refractivity contribution < 1.29 is 14.3 Å². The van der Waals surface area contributed by atoms with Crippen LogP contribution in [-0.4, -0.2) is 25.0 Å². The molecule has 4 nitrogen and oxygen atoms in total. The summed E-state index contributed by atoms with van der Waals surface area (Å²) >= 11 is 0. The number of methoxy groups -OCH3 is 1. The smallest absolute Gasteiger partial charge is 0.328 e. The van der Waals surface area contributed by atoms with E-state index in [0.717, 1.165) is 11.1 Å². The minimum absolute atomic E-state index is 0.254. The molecule has 2 aromatic rings. The Morgan fingerprint density at radius 1 is 1.07 bits per heavy atom. The Balaban J connectivity index is 2.36. The lowest BCUT2D eigenvalue weighted by molar-refractivity contribution is -0.145. The first-order valence-corrected chi connectivity index (χ1v) is 8.97. The highest BCUT2D eigenvalue weighted by Crippen LogP contribution is 2.32. The van der Waals surface area contributed by atoms with Crippen molar-refractivity contribution in [2.75, 3.05) is 7.11 Å². The number of nitrogens with one attached hydrogen (secondary N) is 1. The summed E-state index contributed by atoms with van der Waals surface area (Å²) in [5.41, 5.74) is 0.753. The molecule has 0 fully saturated rings. The molecule has 0 heterocycles. The van der Waals surface area contributed by atoms with Crippen LogP contribution in [0.5, 0.6) is 0 Å². The maximum atomic E-state index is 13.4. The van der Waals surface area contributed by atoms with Crippen LogP contribution in [0.3, 0.4) is 0 Å². The van der Waals surface area contributed by atoms with Gasteiger partial charge in [-0.1, -0.05) is 60.7 Å². The van der Waals surface area contributed by atoms with Crippen LogP contribution in [0, 0.1) is 12.3 Å². The number of amides is 1. The molecule has 0 unspecified atom stereocenters. The van der Waals surface area contributed by atoms with Gasteiger partial charge in [0.1, 0.15) is 6.04 Å². The molecule has 0 bridgehead atoms. The topological polar surface area (TPSA) is 55.4 Å². The molecular weight excluding hydrogens is 338 g/mol. The minimum atomic E-state index is -0.944. The van der Waals surface area contributed by atoms with Crippen molar-refractivity contribution in [2.24, 2.45) is 0 Å². The molecule has 1 N–H and O–H groups in total. The van der Waals surface area contributed by atoms with E-state index in [1.54, 1.807) is 0 Å². The van der Waals surface area contributed by atoms with E-state index in [4.69, 9.17) is 11.2 Å². The highest BCUT2D eigenvalue weighted by Gasteiger charge is 2.38. The average Bonchev–Trinajstić information content (AvgIpc) is 2.73. The first-order chi connectivity index (χ1) is 13.0. The Bertz CT molecular complexity index is 754. The first kappa shape index (κ1) is 20.3. The van der Waals surface area contributed by atoms with Crippen molar-refractivity contribution in [1.29, 1.82) is 0 Å². The van der Waals surface area contributed by atoms with Crippen LogP contribution in [0.15, 0.2) is 60.7 Å². The summed E-state index contributed by atoms with van der Waals surface area (Å²) in [6, 6.07) is 18.3. The Morgan fingerprint density at radius 2 is 1.59 bits per heavy atom. The van der Waals surface area contributed by atoms with Gasteiger partial charge in [0.15, 0.2) is 0 Å². The van der Waals surface area contributed by atoms with E-state index in [1.165, 1.54) is 7.11 Å². The van der Waals surface area contributed by atoms with Gasteiger partial charge in [0, 0.05) is 6.42 Å². The van der Waals surface area contributed by atoms with Gasteiger partial charge in [-0.25, -0.2) is 4.79 Å². The van der Waals surface area contributed by atoms with E-state index in [-0.39, 0.29) is 5.91 Å². The van der Waals surface area contributed by atoms with Crippen LogP contribution in [0.4, 0.5) is 0 Å². The average molecular weight is 363 g/mol. The molecule has 0 saturated heterocycles. The highest BCUT2D eigenvalue weighted by atomic mass is 16.5. The van der Waals surface area contributed by atoms with Gasteiger partial charge in [-0.2, -0.15) is 0 Å². The second-order valence-corrected chi connectivity index (χ2v) is 6.50. The number of rotatable bonds is 8. The number of ether oxygens (including phenoxy) is 1. The number of hydrogen-bond donors (Lipinski definition) is 1. The standard InChI is InChI=1S/C23H25NO3/c1-4-5-8-17-20(21(25)27-3)24-22(26)23(2,18-13-9-6-10-14-18)19-15-11-7-12-16-19/h1,6-7,9-16,20H,5,8,17H2,2-3H3,(H,24,26)/t20-/m0/s1. The van der Waals surface area contributed by atoms with Gasteiger partial charge in [-0.05, 0) is 30.9 Å². The molecule has 0 spiro atoms. The first-order valence-electron chi connectivity index (χ1n) is 8.97. The minimum Gasteiger partial charge on any atom is -0.467 e. The summed E-state index contributed by atoms with van der Waals surface area (Å²) in [4.78, 5) is 25.5. The summed E-state index contributed by atoms with van der Waals surface area (Å²) < 4.78 is 4.86. The van der Waals surface area contributed by atoms with Gasteiger partial charge in [-0.3, -0.25) is 4.79 Å². The fourth-order valence-electron chi connectivity index (χ4n) is 3.07.